The maximum Gasteiger partial charge on any atom is 0.227 e. The minimum Gasteiger partial charge on any atom is -0.437 e. The number of benzene rings is 3. The normalized spacial score (nSPS) is 12.2. The van der Waals surface area contributed by atoms with Crippen molar-refractivity contribution in [3.63, 3.8) is 0 Å². The number of aromatic nitrogens is 2. The molecule has 0 atom stereocenters. The Labute approximate surface area is 185 Å². The van der Waals surface area contributed by atoms with Gasteiger partial charge in [-0.05, 0) is 53.4 Å². The van der Waals surface area contributed by atoms with Crippen LogP contribution in [0.1, 0.15) is 11.3 Å². The molecule has 1 aliphatic rings. The van der Waals surface area contributed by atoms with Crippen molar-refractivity contribution in [3.8, 4) is 33.5 Å². The van der Waals surface area contributed by atoms with Gasteiger partial charge >= 0.3 is 0 Å². The predicted octanol–water partition coefficient (Wildman–Crippen LogP) is 6.89. The van der Waals surface area contributed by atoms with Crippen molar-refractivity contribution in [2.45, 2.75) is 13.8 Å². The van der Waals surface area contributed by atoms with Crippen molar-refractivity contribution in [1.29, 1.82) is 0 Å². The van der Waals surface area contributed by atoms with Gasteiger partial charge in [-0.15, -0.1) is 0 Å². The molecule has 0 unspecified atom stereocenters. The Kier molecular flexibility index (Phi) is 3.34. The Bertz CT molecular complexity index is 1750. The molecule has 1 aliphatic carbocycles. The second-order valence-electron chi connectivity index (χ2n) is 8.81. The molecule has 0 fully saturated rings. The van der Waals surface area contributed by atoms with Crippen LogP contribution in [0.3, 0.4) is 0 Å². The quantitative estimate of drug-likeness (QED) is 0.274. The SMILES string of the molecule is Cc1ccc2c(n1)oc1c(-c3c4c(cc[n+]3C)-c3cccc5cccc-4c35)c(C)ccc12. The van der Waals surface area contributed by atoms with E-state index in [1.54, 1.807) is 0 Å². The van der Waals surface area contributed by atoms with Gasteiger partial charge in [0.1, 0.15) is 7.05 Å². The number of hydrogen-bond acceptors (Lipinski definition) is 2. The van der Waals surface area contributed by atoms with Crippen LogP contribution in [-0.4, -0.2) is 4.98 Å². The number of hydrogen-bond donors (Lipinski definition) is 0. The summed E-state index contributed by atoms with van der Waals surface area (Å²) in [5.74, 6) is 0. The highest BCUT2D eigenvalue weighted by Gasteiger charge is 2.32. The summed E-state index contributed by atoms with van der Waals surface area (Å²) < 4.78 is 8.67. The standard InChI is InChI=1S/C29H21N2O/c1-16-10-12-21-22-13-11-17(2)30-29(22)32-28(21)24(16)27-26-20(14-15-31(27)3)19-8-4-6-18-7-5-9-23(26)25(18)19/h4-15H,1-3H3/q+1. The van der Waals surface area contributed by atoms with E-state index in [0.29, 0.717) is 5.71 Å². The molecule has 32 heavy (non-hydrogen) atoms. The number of aryl methyl sites for hydroxylation is 3. The van der Waals surface area contributed by atoms with Crippen molar-refractivity contribution < 1.29 is 8.98 Å². The molecule has 7 rings (SSSR count). The summed E-state index contributed by atoms with van der Waals surface area (Å²) in [7, 11) is 2.13. The zero-order chi connectivity index (χ0) is 21.6. The molecule has 0 aliphatic heterocycles. The van der Waals surface area contributed by atoms with Gasteiger partial charge in [0.2, 0.25) is 11.4 Å². The molecule has 6 aromatic rings. The largest absolute Gasteiger partial charge is 0.437 e. The maximum atomic E-state index is 6.44. The van der Waals surface area contributed by atoms with E-state index < -0.39 is 0 Å². The van der Waals surface area contributed by atoms with E-state index in [9.17, 15) is 0 Å². The van der Waals surface area contributed by atoms with Gasteiger partial charge < -0.3 is 4.42 Å². The molecule has 0 N–H and O–H groups in total. The lowest BCUT2D eigenvalue weighted by Gasteiger charge is -2.11. The number of rotatable bonds is 1. The minimum atomic E-state index is 0.701. The molecule has 0 bridgehead atoms. The molecule has 0 saturated carbocycles. The van der Waals surface area contributed by atoms with E-state index in [-0.39, 0.29) is 0 Å². The molecule has 3 nitrogen and oxygen atoms in total. The molecule has 3 aromatic carbocycles. The first-order valence-corrected chi connectivity index (χ1v) is 11.0. The van der Waals surface area contributed by atoms with E-state index in [2.05, 4.69) is 90.4 Å². The molecule has 0 saturated heterocycles. The molecule has 3 heteroatoms. The van der Waals surface area contributed by atoms with Crippen LogP contribution in [0.25, 0.3) is 66.4 Å². The van der Waals surface area contributed by atoms with Crippen LogP contribution >= 0.6 is 0 Å². The van der Waals surface area contributed by atoms with Gasteiger partial charge in [-0.2, -0.15) is 0 Å². The summed E-state index contributed by atoms with van der Waals surface area (Å²) in [6, 6.07) is 24.0. The Morgan fingerprint density at radius 1 is 0.750 bits per heavy atom. The number of nitrogens with zero attached hydrogens (tertiary/aromatic N) is 2. The Balaban J connectivity index is 1.66. The molecule has 3 heterocycles. The van der Waals surface area contributed by atoms with Crippen molar-refractivity contribution in [1.82, 2.24) is 4.98 Å². The summed E-state index contributed by atoms with van der Waals surface area (Å²) in [5, 5.41) is 4.79. The summed E-state index contributed by atoms with van der Waals surface area (Å²) >= 11 is 0. The van der Waals surface area contributed by atoms with E-state index in [4.69, 9.17) is 4.42 Å². The van der Waals surface area contributed by atoms with Gasteiger partial charge in [0.15, 0.2) is 11.8 Å². The highest BCUT2D eigenvalue weighted by Crippen LogP contribution is 2.51. The molecule has 0 spiro atoms. The number of fused-ring (bicyclic) bond motifs is 6. The van der Waals surface area contributed by atoms with Crippen LogP contribution in [0.2, 0.25) is 0 Å². The van der Waals surface area contributed by atoms with Crippen LogP contribution in [0.15, 0.2) is 77.3 Å². The molecule has 3 aromatic heterocycles. The number of furan rings is 1. The predicted molar refractivity (Wildman–Crippen MR) is 130 cm³/mol. The molecule has 0 amide bonds. The van der Waals surface area contributed by atoms with Crippen molar-refractivity contribution in [3.05, 3.63) is 84.2 Å². The van der Waals surface area contributed by atoms with Crippen molar-refractivity contribution >= 4 is 32.8 Å². The highest BCUT2D eigenvalue weighted by molar-refractivity contribution is 6.19. The maximum absolute atomic E-state index is 6.44. The topological polar surface area (TPSA) is 29.9 Å². The highest BCUT2D eigenvalue weighted by atomic mass is 16.3. The Hall–Kier alpha value is -3.98. The second kappa shape index (κ2) is 6.04. The lowest BCUT2D eigenvalue weighted by Crippen LogP contribution is -2.31. The molecular formula is C29H21N2O+. The van der Waals surface area contributed by atoms with E-state index in [0.717, 1.165) is 27.6 Å². The van der Waals surface area contributed by atoms with Gasteiger partial charge in [-0.25, -0.2) is 9.55 Å². The first-order chi connectivity index (χ1) is 15.6. The third kappa shape index (κ3) is 2.15. The third-order valence-corrected chi connectivity index (χ3v) is 6.88. The number of pyridine rings is 2. The average molecular weight is 414 g/mol. The summed E-state index contributed by atoms with van der Waals surface area (Å²) in [4.78, 5) is 4.66. The van der Waals surface area contributed by atoms with Crippen LogP contribution in [-0.2, 0) is 7.05 Å². The lowest BCUT2D eigenvalue weighted by molar-refractivity contribution is -0.659. The Morgan fingerprint density at radius 3 is 2.38 bits per heavy atom. The van der Waals surface area contributed by atoms with Gasteiger partial charge in [0, 0.05) is 28.1 Å². The summed E-state index contributed by atoms with van der Waals surface area (Å²) in [5.41, 5.74) is 11.3. The first kappa shape index (κ1) is 17.7. The average Bonchev–Trinajstić information content (AvgIpc) is 3.31. The van der Waals surface area contributed by atoms with E-state index >= 15 is 0 Å². The third-order valence-electron chi connectivity index (χ3n) is 6.88. The van der Waals surface area contributed by atoms with Gasteiger partial charge in [0.05, 0.1) is 11.1 Å². The van der Waals surface area contributed by atoms with Crippen molar-refractivity contribution in [2.75, 3.05) is 0 Å². The smallest absolute Gasteiger partial charge is 0.227 e. The van der Waals surface area contributed by atoms with Crippen LogP contribution in [0, 0.1) is 13.8 Å². The molecule has 152 valence electrons. The minimum absolute atomic E-state index is 0.701. The second-order valence-corrected chi connectivity index (χ2v) is 8.81. The van der Waals surface area contributed by atoms with E-state index in [1.807, 2.05) is 13.0 Å². The zero-order valence-electron chi connectivity index (χ0n) is 18.2. The van der Waals surface area contributed by atoms with Crippen LogP contribution in [0.5, 0.6) is 0 Å². The van der Waals surface area contributed by atoms with Crippen LogP contribution < -0.4 is 4.57 Å². The lowest BCUT2D eigenvalue weighted by atomic mass is 9.93. The monoisotopic (exact) mass is 413 g/mol. The summed E-state index contributed by atoms with van der Waals surface area (Å²) in [6.07, 6.45) is 2.17. The summed E-state index contributed by atoms with van der Waals surface area (Å²) in [6.45, 7) is 4.17. The fourth-order valence-corrected chi connectivity index (χ4v) is 5.43. The van der Waals surface area contributed by atoms with E-state index in [1.165, 1.54) is 44.3 Å². The van der Waals surface area contributed by atoms with Crippen molar-refractivity contribution in [2.24, 2.45) is 7.05 Å². The van der Waals surface area contributed by atoms with Gasteiger partial charge in [-0.1, -0.05) is 48.5 Å². The first-order valence-electron chi connectivity index (χ1n) is 11.0. The molecule has 0 radical (unpaired) electrons. The fraction of sp³-hybridized carbons (Fsp3) is 0.103. The zero-order valence-corrected chi connectivity index (χ0v) is 18.2. The fourth-order valence-electron chi connectivity index (χ4n) is 5.43. The Morgan fingerprint density at radius 2 is 1.53 bits per heavy atom. The van der Waals surface area contributed by atoms with Crippen LogP contribution in [0.4, 0.5) is 0 Å². The van der Waals surface area contributed by atoms with Gasteiger partial charge in [-0.3, -0.25) is 0 Å². The van der Waals surface area contributed by atoms with Gasteiger partial charge in [0.25, 0.3) is 0 Å². The molecular weight excluding hydrogens is 392 g/mol.